The van der Waals surface area contributed by atoms with Gasteiger partial charge in [0.1, 0.15) is 23.0 Å². The second-order valence-corrected chi connectivity index (χ2v) is 16.2. The molecule has 0 saturated heterocycles. The molecule has 0 spiro atoms. The number of esters is 2. The van der Waals surface area contributed by atoms with Crippen LogP contribution in [0, 0.1) is 6.92 Å². The van der Waals surface area contributed by atoms with Gasteiger partial charge in [-0.15, -0.1) is 0 Å². The molecule has 0 radical (unpaired) electrons. The SMILES string of the molecule is Cc1c(N)ccc(-c2ccc(N)cc2C(=O)C=Cc2ccc(OC(=O)c3ccc(OCCCCC(F)(F)F)cc3)cc2)c1C(=O)C=Cc1ccc(OC(=O)c2ccc(OCCCCC(F)(F)F)cc2)cc1. The van der Waals surface area contributed by atoms with Crippen LogP contribution in [0.2, 0.25) is 0 Å². The number of anilines is 2. The van der Waals surface area contributed by atoms with Gasteiger partial charge in [-0.25, -0.2) is 9.59 Å². The van der Waals surface area contributed by atoms with Crippen LogP contribution in [0.3, 0.4) is 0 Å². The highest BCUT2D eigenvalue weighted by Crippen LogP contribution is 2.34. The highest BCUT2D eigenvalue weighted by molar-refractivity contribution is 6.16. The van der Waals surface area contributed by atoms with Gasteiger partial charge in [0, 0.05) is 35.3 Å². The number of unbranched alkanes of at least 4 members (excludes halogenated alkanes) is 2. The summed E-state index contributed by atoms with van der Waals surface area (Å²) in [4.78, 5) is 53.4. The van der Waals surface area contributed by atoms with Gasteiger partial charge >= 0.3 is 24.3 Å². The van der Waals surface area contributed by atoms with Gasteiger partial charge in [-0.3, -0.25) is 9.59 Å². The van der Waals surface area contributed by atoms with Gasteiger partial charge in [-0.05, 0) is 164 Å². The maximum Gasteiger partial charge on any atom is 0.389 e. The number of carbonyl (C=O) groups excluding carboxylic acids is 4. The monoisotopic (exact) mass is 978 g/mol. The number of halogens is 6. The number of nitrogen functional groups attached to an aromatic ring is 2. The Balaban J connectivity index is 1.06. The third kappa shape index (κ3) is 16.0. The van der Waals surface area contributed by atoms with E-state index in [1.165, 1.54) is 66.7 Å². The lowest BCUT2D eigenvalue weighted by Crippen LogP contribution is -2.09. The Labute approximate surface area is 405 Å². The summed E-state index contributed by atoms with van der Waals surface area (Å²) < 4.78 is 96.0. The molecule has 6 rings (SSSR count). The number of ketones is 2. The van der Waals surface area contributed by atoms with E-state index in [4.69, 9.17) is 30.4 Å². The van der Waals surface area contributed by atoms with Crippen molar-refractivity contribution in [2.75, 3.05) is 24.7 Å². The first-order valence-electron chi connectivity index (χ1n) is 22.3. The van der Waals surface area contributed by atoms with Crippen molar-refractivity contribution in [1.82, 2.24) is 0 Å². The Kier molecular flexibility index (Phi) is 17.6. The molecule has 71 heavy (non-hydrogen) atoms. The normalized spacial score (nSPS) is 11.7. The van der Waals surface area contributed by atoms with E-state index < -0.39 is 48.7 Å². The Morgan fingerprint density at radius 1 is 0.507 bits per heavy atom. The third-order valence-corrected chi connectivity index (χ3v) is 10.8. The molecule has 0 aliphatic rings. The summed E-state index contributed by atoms with van der Waals surface area (Å²) >= 11 is 0. The van der Waals surface area contributed by atoms with Gasteiger partial charge in [0.25, 0.3) is 0 Å². The number of allylic oxidation sites excluding steroid dienone is 2. The number of ether oxygens (including phenoxy) is 4. The van der Waals surface area contributed by atoms with Crippen LogP contribution in [0.15, 0.2) is 140 Å². The van der Waals surface area contributed by atoms with E-state index in [2.05, 4.69) is 0 Å². The summed E-state index contributed by atoms with van der Waals surface area (Å²) in [6.45, 7) is 1.91. The van der Waals surface area contributed by atoms with Crippen molar-refractivity contribution >= 4 is 47.0 Å². The van der Waals surface area contributed by atoms with Crippen LogP contribution < -0.4 is 30.4 Å². The van der Waals surface area contributed by atoms with E-state index in [-0.39, 0.29) is 72.6 Å². The number of alkyl halides is 6. The molecule has 0 bridgehead atoms. The van der Waals surface area contributed by atoms with Crippen molar-refractivity contribution in [2.24, 2.45) is 0 Å². The topological polar surface area (TPSA) is 157 Å². The molecule has 0 aliphatic carbocycles. The lowest BCUT2D eigenvalue weighted by atomic mass is 9.88. The molecule has 6 aromatic carbocycles. The molecular formula is C55H48F6N2O8. The van der Waals surface area contributed by atoms with Gasteiger partial charge in [0.15, 0.2) is 11.6 Å². The molecule has 10 nitrogen and oxygen atoms in total. The lowest BCUT2D eigenvalue weighted by Gasteiger charge is -2.16. The van der Waals surface area contributed by atoms with Crippen molar-refractivity contribution in [3.8, 4) is 34.1 Å². The fourth-order valence-electron chi connectivity index (χ4n) is 7.02. The Bertz CT molecular complexity index is 2880. The van der Waals surface area contributed by atoms with E-state index in [0.29, 0.717) is 50.7 Å². The molecule has 0 amide bonds. The molecule has 0 atom stereocenters. The highest BCUT2D eigenvalue weighted by Gasteiger charge is 2.27. The molecule has 0 fully saturated rings. The zero-order valence-corrected chi connectivity index (χ0v) is 38.3. The summed E-state index contributed by atoms with van der Waals surface area (Å²) in [5.74, 6) is -0.825. The fourth-order valence-corrected chi connectivity index (χ4v) is 7.02. The van der Waals surface area contributed by atoms with E-state index >= 15 is 0 Å². The summed E-state index contributed by atoms with van der Waals surface area (Å²) in [7, 11) is 0. The number of carbonyl (C=O) groups is 4. The quantitative estimate of drug-likeness (QED) is 0.0135. The predicted octanol–water partition coefficient (Wildman–Crippen LogP) is 13.3. The molecule has 0 saturated carbocycles. The number of benzene rings is 6. The van der Waals surface area contributed by atoms with Crippen LogP contribution >= 0.6 is 0 Å². The van der Waals surface area contributed by atoms with Crippen LogP contribution in [0.5, 0.6) is 23.0 Å². The Hall–Kier alpha value is -8.14. The minimum Gasteiger partial charge on any atom is -0.494 e. The van der Waals surface area contributed by atoms with Crippen molar-refractivity contribution in [2.45, 2.75) is 57.8 Å². The molecule has 6 aromatic rings. The number of hydrogen-bond donors (Lipinski definition) is 2. The molecule has 0 heterocycles. The number of rotatable bonds is 21. The number of nitrogens with two attached hydrogens (primary N) is 2. The largest absolute Gasteiger partial charge is 0.494 e. The molecule has 4 N–H and O–H groups in total. The number of hydrogen-bond acceptors (Lipinski definition) is 10. The maximum absolute atomic E-state index is 14.0. The van der Waals surface area contributed by atoms with E-state index in [1.54, 1.807) is 91.9 Å². The standard InChI is InChI=1S/C55H48F6N2O8/c1-35-48(63)27-26-46(51(35)50(65)29-11-37-8-19-44(20-9-37)71-53(67)39-14-23-42(24-15-39)69-33-5-3-31-55(59,60)61)45-25-16-40(62)34-47(45)49(64)28-10-36-6-17-43(18-7-36)70-52(66)38-12-21-41(22-13-38)68-32-4-2-30-54(56,57)58/h6-29,34H,2-5,30-33,62-63H2,1H3. The Morgan fingerprint density at radius 3 is 1.38 bits per heavy atom. The Morgan fingerprint density at radius 2 is 0.930 bits per heavy atom. The van der Waals surface area contributed by atoms with E-state index in [1.807, 2.05) is 0 Å². The molecular weight excluding hydrogens is 931 g/mol. The lowest BCUT2D eigenvalue weighted by molar-refractivity contribution is -0.136. The van der Waals surface area contributed by atoms with Gasteiger partial charge in [-0.2, -0.15) is 26.3 Å². The first-order chi connectivity index (χ1) is 33.8. The predicted molar refractivity (Wildman–Crippen MR) is 259 cm³/mol. The minimum absolute atomic E-state index is 0.0465. The molecule has 0 aromatic heterocycles. The van der Waals surface area contributed by atoms with Gasteiger partial charge < -0.3 is 30.4 Å². The molecule has 368 valence electrons. The van der Waals surface area contributed by atoms with Crippen LogP contribution in [0.25, 0.3) is 23.3 Å². The first kappa shape index (κ1) is 52.2. The smallest absolute Gasteiger partial charge is 0.389 e. The second-order valence-electron chi connectivity index (χ2n) is 16.2. The van der Waals surface area contributed by atoms with Crippen LogP contribution in [0.4, 0.5) is 37.7 Å². The molecule has 0 unspecified atom stereocenters. The zero-order valence-electron chi connectivity index (χ0n) is 38.3. The van der Waals surface area contributed by atoms with Crippen molar-refractivity contribution in [3.63, 3.8) is 0 Å². The van der Waals surface area contributed by atoms with Crippen molar-refractivity contribution in [3.05, 3.63) is 178 Å². The average molecular weight is 979 g/mol. The van der Waals surface area contributed by atoms with E-state index in [9.17, 15) is 45.5 Å². The fraction of sp³-hybridized carbons (Fsp3) is 0.200. The first-order valence-corrected chi connectivity index (χ1v) is 22.3. The zero-order chi connectivity index (χ0) is 51.1. The van der Waals surface area contributed by atoms with Gasteiger partial charge in [0.2, 0.25) is 0 Å². The van der Waals surface area contributed by atoms with Crippen LogP contribution in [0.1, 0.15) is 96.6 Å². The maximum atomic E-state index is 14.0. The van der Waals surface area contributed by atoms with E-state index in [0.717, 1.165) is 0 Å². The summed E-state index contributed by atoms with van der Waals surface area (Å²) in [6.07, 6.45) is -3.92. The molecule has 0 aliphatic heterocycles. The van der Waals surface area contributed by atoms with Gasteiger partial charge in [-0.1, -0.05) is 48.6 Å². The summed E-state index contributed by atoms with van der Waals surface area (Å²) in [6, 6.07) is 33.0. The third-order valence-electron chi connectivity index (χ3n) is 10.8. The molecule has 16 heteroatoms. The van der Waals surface area contributed by atoms with Crippen molar-refractivity contribution in [1.29, 1.82) is 0 Å². The highest BCUT2D eigenvalue weighted by atomic mass is 19.4. The second kappa shape index (κ2) is 23.9. The minimum atomic E-state index is -4.21. The summed E-state index contributed by atoms with van der Waals surface area (Å²) in [5, 5.41) is 0. The average Bonchev–Trinajstić information content (AvgIpc) is 3.33. The van der Waals surface area contributed by atoms with Crippen LogP contribution in [-0.2, 0) is 0 Å². The van der Waals surface area contributed by atoms with Crippen LogP contribution in [-0.4, -0.2) is 49.1 Å². The van der Waals surface area contributed by atoms with Crippen molar-refractivity contribution < 1.29 is 64.5 Å². The van der Waals surface area contributed by atoms with Gasteiger partial charge in [0.05, 0.1) is 24.3 Å². The summed E-state index contributed by atoms with van der Waals surface area (Å²) in [5.41, 5.74) is 16.6.